The zero-order valence-electron chi connectivity index (χ0n) is 10.3. The standard InChI is InChI=1S/C15H11ClN2O/c1-9-2-3-10(16)6-11(9)15(19)13-8-18-14-4-5-17-7-12(13)14/h2-8,18H,1H3. The summed E-state index contributed by atoms with van der Waals surface area (Å²) in [7, 11) is 0. The number of benzene rings is 1. The van der Waals surface area contributed by atoms with Gasteiger partial charge in [0.1, 0.15) is 0 Å². The maximum atomic E-state index is 12.6. The zero-order valence-corrected chi connectivity index (χ0v) is 11.0. The summed E-state index contributed by atoms with van der Waals surface area (Å²) in [5, 5.41) is 1.39. The van der Waals surface area contributed by atoms with Gasteiger partial charge in [0.25, 0.3) is 0 Å². The van der Waals surface area contributed by atoms with Gasteiger partial charge in [-0.05, 0) is 30.7 Å². The van der Waals surface area contributed by atoms with Crippen LogP contribution < -0.4 is 0 Å². The number of carbonyl (C=O) groups excluding carboxylic acids is 1. The molecule has 0 atom stereocenters. The molecule has 0 radical (unpaired) electrons. The van der Waals surface area contributed by atoms with Crippen LogP contribution in [0.5, 0.6) is 0 Å². The molecule has 0 unspecified atom stereocenters. The first-order valence-electron chi connectivity index (χ1n) is 5.89. The molecule has 4 heteroatoms. The molecule has 1 N–H and O–H groups in total. The number of fused-ring (bicyclic) bond motifs is 1. The molecule has 0 saturated heterocycles. The molecule has 0 aliphatic carbocycles. The lowest BCUT2D eigenvalue weighted by atomic mass is 9.99. The number of ketones is 1. The van der Waals surface area contributed by atoms with Gasteiger partial charge in [0.2, 0.25) is 0 Å². The van der Waals surface area contributed by atoms with Crippen molar-refractivity contribution in [1.29, 1.82) is 0 Å². The Labute approximate surface area is 115 Å². The van der Waals surface area contributed by atoms with Crippen molar-refractivity contribution in [2.45, 2.75) is 6.92 Å². The SMILES string of the molecule is Cc1ccc(Cl)cc1C(=O)c1c[nH]c2ccncc12. The molecule has 19 heavy (non-hydrogen) atoms. The van der Waals surface area contributed by atoms with Crippen molar-refractivity contribution in [3.63, 3.8) is 0 Å². The fourth-order valence-electron chi connectivity index (χ4n) is 2.13. The number of carbonyl (C=O) groups is 1. The Balaban J connectivity index is 2.16. The van der Waals surface area contributed by atoms with Gasteiger partial charge in [-0.3, -0.25) is 9.78 Å². The van der Waals surface area contributed by atoms with Gasteiger partial charge in [0.15, 0.2) is 5.78 Å². The molecule has 0 aliphatic heterocycles. The maximum Gasteiger partial charge on any atom is 0.195 e. The van der Waals surface area contributed by atoms with E-state index in [1.807, 2.05) is 19.1 Å². The molecule has 3 aromatic rings. The number of hydrogen-bond acceptors (Lipinski definition) is 2. The molecule has 0 amide bonds. The van der Waals surface area contributed by atoms with Gasteiger partial charge in [-0.25, -0.2) is 0 Å². The van der Waals surface area contributed by atoms with Crippen LogP contribution in [0.25, 0.3) is 10.9 Å². The third kappa shape index (κ3) is 2.02. The van der Waals surface area contributed by atoms with Gasteiger partial charge in [0, 0.05) is 45.6 Å². The predicted octanol–water partition coefficient (Wildman–Crippen LogP) is 3.76. The first-order chi connectivity index (χ1) is 9.16. The molecule has 2 heterocycles. The van der Waals surface area contributed by atoms with Crippen LogP contribution in [0.4, 0.5) is 0 Å². The Morgan fingerprint density at radius 1 is 1.26 bits per heavy atom. The summed E-state index contributed by atoms with van der Waals surface area (Å²) in [6.45, 7) is 1.90. The number of hydrogen-bond donors (Lipinski definition) is 1. The predicted molar refractivity (Wildman–Crippen MR) is 75.7 cm³/mol. The largest absolute Gasteiger partial charge is 0.360 e. The topological polar surface area (TPSA) is 45.8 Å². The lowest BCUT2D eigenvalue weighted by Crippen LogP contribution is -2.03. The normalized spacial score (nSPS) is 10.8. The summed E-state index contributed by atoms with van der Waals surface area (Å²) in [4.78, 5) is 19.7. The van der Waals surface area contributed by atoms with Crippen LogP contribution in [-0.4, -0.2) is 15.8 Å². The molecule has 94 valence electrons. The monoisotopic (exact) mass is 270 g/mol. The number of aromatic amines is 1. The van der Waals surface area contributed by atoms with E-state index < -0.39 is 0 Å². The highest BCUT2D eigenvalue weighted by Crippen LogP contribution is 2.23. The van der Waals surface area contributed by atoms with E-state index in [9.17, 15) is 4.79 Å². The molecular formula is C15H11ClN2O. The van der Waals surface area contributed by atoms with Gasteiger partial charge in [-0.15, -0.1) is 0 Å². The van der Waals surface area contributed by atoms with Crippen molar-refractivity contribution in [3.05, 3.63) is 64.6 Å². The maximum absolute atomic E-state index is 12.6. The number of nitrogens with zero attached hydrogens (tertiary/aromatic N) is 1. The van der Waals surface area contributed by atoms with Crippen LogP contribution in [0.2, 0.25) is 5.02 Å². The van der Waals surface area contributed by atoms with Gasteiger partial charge in [0.05, 0.1) is 0 Å². The molecule has 0 spiro atoms. The first-order valence-corrected chi connectivity index (χ1v) is 6.26. The lowest BCUT2D eigenvalue weighted by Gasteiger charge is -2.04. The molecule has 3 rings (SSSR count). The number of halogens is 1. The summed E-state index contributed by atoms with van der Waals surface area (Å²) < 4.78 is 0. The van der Waals surface area contributed by atoms with E-state index in [1.54, 1.807) is 30.7 Å². The number of pyridine rings is 1. The van der Waals surface area contributed by atoms with Crippen molar-refractivity contribution < 1.29 is 4.79 Å². The second-order valence-electron chi connectivity index (χ2n) is 4.41. The third-order valence-corrected chi connectivity index (χ3v) is 3.41. The average Bonchev–Trinajstić information content (AvgIpc) is 2.84. The van der Waals surface area contributed by atoms with Crippen LogP contribution in [-0.2, 0) is 0 Å². The first kappa shape index (κ1) is 11.9. The smallest absolute Gasteiger partial charge is 0.195 e. The summed E-state index contributed by atoms with van der Waals surface area (Å²) in [5.41, 5.74) is 3.05. The van der Waals surface area contributed by atoms with Crippen LogP contribution >= 0.6 is 11.6 Å². The van der Waals surface area contributed by atoms with Crippen molar-refractivity contribution in [2.24, 2.45) is 0 Å². The molecule has 2 aromatic heterocycles. The number of H-pyrrole nitrogens is 1. The minimum atomic E-state index is -0.0424. The Bertz CT molecular complexity index is 777. The van der Waals surface area contributed by atoms with Gasteiger partial charge < -0.3 is 4.98 Å². The Morgan fingerprint density at radius 2 is 2.11 bits per heavy atom. The molecule has 1 aromatic carbocycles. The number of aryl methyl sites for hydroxylation is 1. The van der Waals surface area contributed by atoms with Crippen LogP contribution in [0.1, 0.15) is 21.5 Å². The molecule has 0 bridgehead atoms. The summed E-state index contributed by atoms with van der Waals surface area (Å²) in [6, 6.07) is 7.18. The van der Waals surface area contributed by atoms with E-state index in [4.69, 9.17) is 11.6 Å². The van der Waals surface area contributed by atoms with E-state index in [0.29, 0.717) is 16.1 Å². The van der Waals surface area contributed by atoms with Crippen molar-refractivity contribution in [1.82, 2.24) is 9.97 Å². The number of nitrogens with one attached hydrogen (secondary N) is 1. The molecule has 3 nitrogen and oxygen atoms in total. The van der Waals surface area contributed by atoms with Crippen LogP contribution in [0.15, 0.2) is 42.9 Å². The lowest BCUT2D eigenvalue weighted by molar-refractivity contribution is 0.103. The highest BCUT2D eigenvalue weighted by atomic mass is 35.5. The van der Waals surface area contributed by atoms with Crippen molar-refractivity contribution in [3.8, 4) is 0 Å². The summed E-state index contributed by atoms with van der Waals surface area (Å²) in [5.74, 6) is -0.0424. The van der Waals surface area contributed by atoms with Crippen LogP contribution in [0, 0.1) is 6.92 Å². The molecular weight excluding hydrogens is 260 g/mol. The average molecular weight is 271 g/mol. The number of aromatic nitrogens is 2. The van der Waals surface area contributed by atoms with E-state index in [0.717, 1.165) is 16.5 Å². The Morgan fingerprint density at radius 3 is 2.95 bits per heavy atom. The van der Waals surface area contributed by atoms with Gasteiger partial charge in [-0.1, -0.05) is 17.7 Å². The van der Waals surface area contributed by atoms with E-state index in [2.05, 4.69) is 9.97 Å². The summed E-state index contributed by atoms with van der Waals surface area (Å²) in [6.07, 6.45) is 5.10. The fourth-order valence-corrected chi connectivity index (χ4v) is 2.31. The van der Waals surface area contributed by atoms with Crippen LogP contribution in [0.3, 0.4) is 0 Å². The molecule has 0 aliphatic rings. The highest BCUT2D eigenvalue weighted by Gasteiger charge is 2.16. The number of rotatable bonds is 2. The van der Waals surface area contributed by atoms with E-state index >= 15 is 0 Å². The second-order valence-corrected chi connectivity index (χ2v) is 4.85. The van der Waals surface area contributed by atoms with E-state index in [-0.39, 0.29) is 5.78 Å². The Hall–Kier alpha value is -2.13. The quantitative estimate of drug-likeness (QED) is 0.721. The summed E-state index contributed by atoms with van der Waals surface area (Å²) >= 11 is 5.97. The fraction of sp³-hybridized carbons (Fsp3) is 0.0667. The molecule has 0 saturated carbocycles. The zero-order chi connectivity index (χ0) is 13.4. The minimum absolute atomic E-state index is 0.0424. The van der Waals surface area contributed by atoms with Crippen molar-refractivity contribution in [2.75, 3.05) is 0 Å². The second kappa shape index (κ2) is 4.52. The minimum Gasteiger partial charge on any atom is -0.360 e. The Kier molecular flexibility index (Phi) is 2.84. The van der Waals surface area contributed by atoms with E-state index in [1.165, 1.54) is 0 Å². The van der Waals surface area contributed by atoms with Gasteiger partial charge in [-0.2, -0.15) is 0 Å². The van der Waals surface area contributed by atoms with Gasteiger partial charge >= 0.3 is 0 Å². The van der Waals surface area contributed by atoms with Crippen molar-refractivity contribution >= 4 is 28.3 Å². The highest BCUT2D eigenvalue weighted by molar-refractivity contribution is 6.31. The third-order valence-electron chi connectivity index (χ3n) is 3.17. The molecule has 0 fully saturated rings.